The first-order valence-electron chi connectivity index (χ1n) is 5.55. The molecule has 1 N–H and O–H groups in total. The van der Waals surface area contributed by atoms with Crippen LogP contribution in [0.15, 0.2) is 6.33 Å². The van der Waals surface area contributed by atoms with E-state index < -0.39 is 0 Å². The molecule has 0 saturated heterocycles. The van der Waals surface area contributed by atoms with Crippen molar-refractivity contribution in [2.45, 2.75) is 39.8 Å². The third kappa shape index (κ3) is 1.82. The van der Waals surface area contributed by atoms with Crippen molar-refractivity contribution in [3.8, 4) is 0 Å². The zero-order valence-corrected chi connectivity index (χ0v) is 9.08. The largest absolute Gasteiger partial charge is 0.333 e. The lowest BCUT2D eigenvalue weighted by atomic mass is 10.1. The minimum atomic E-state index is 0.746. The van der Waals surface area contributed by atoms with Crippen LogP contribution < -0.4 is 5.32 Å². The molecule has 0 saturated carbocycles. The molecule has 3 heteroatoms. The Morgan fingerprint density at radius 2 is 2.50 bits per heavy atom. The molecule has 0 aliphatic carbocycles. The van der Waals surface area contributed by atoms with Gasteiger partial charge in [0.25, 0.3) is 0 Å². The normalized spacial score (nSPS) is 17.9. The molecule has 2 rings (SSSR count). The number of hydrogen-bond donors (Lipinski definition) is 1. The summed E-state index contributed by atoms with van der Waals surface area (Å²) in [7, 11) is 0. The molecule has 1 aromatic heterocycles. The third-order valence-electron chi connectivity index (χ3n) is 3.07. The predicted molar refractivity (Wildman–Crippen MR) is 57.1 cm³/mol. The van der Waals surface area contributed by atoms with Gasteiger partial charge in [0.2, 0.25) is 0 Å². The number of rotatable bonds is 3. The molecular weight excluding hydrogens is 174 g/mol. The molecule has 0 bridgehead atoms. The lowest BCUT2D eigenvalue weighted by molar-refractivity contribution is 0.450. The maximum atomic E-state index is 4.47. The van der Waals surface area contributed by atoms with E-state index in [9.17, 15) is 0 Å². The summed E-state index contributed by atoms with van der Waals surface area (Å²) >= 11 is 0. The molecule has 78 valence electrons. The summed E-state index contributed by atoms with van der Waals surface area (Å²) in [5, 5.41) is 3.40. The van der Waals surface area contributed by atoms with Crippen molar-refractivity contribution in [1.82, 2.24) is 14.9 Å². The van der Waals surface area contributed by atoms with Gasteiger partial charge in [-0.15, -0.1) is 0 Å². The standard InChI is InChI=1S/C11H19N3/c1-3-9(2)7-14-8-13-10-4-5-12-6-11(10)14/h8-9,12H,3-7H2,1-2H3. The van der Waals surface area contributed by atoms with Crippen molar-refractivity contribution in [1.29, 1.82) is 0 Å². The summed E-state index contributed by atoms with van der Waals surface area (Å²) < 4.78 is 2.32. The zero-order chi connectivity index (χ0) is 9.97. The molecule has 2 heterocycles. The Labute approximate surface area is 85.5 Å². The van der Waals surface area contributed by atoms with E-state index in [1.165, 1.54) is 17.8 Å². The molecule has 1 unspecified atom stereocenters. The number of hydrogen-bond acceptors (Lipinski definition) is 2. The molecule has 0 spiro atoms. The summed E-state index contributed by atoms with van der Waals surface area (Å²) in [6.45, 7) is 7.72. The molecule has 1 aliphatic heterocycles. The summed E-state index contributed by atoms with van der Waals surface area (Å²) in [6.07, 6.45) is 4.33. The fraction of sp³-hybridized carbons (Fsp3) is 0.727. The maximum absolute atomic E-state index is 4.47. The summed E-state index contributed by atoms with van der Waals surface area (Å²) in [5.74, 6) is 0.746. The lowest BCUT2D eigenvalue weighted by Gasteiger charge is -2.17. The summed E-state index contributed by atoms with van der Waals surface area (Å²) in [4.78, 5) is 4.47. The SMILES string of the molecule is CCC(C)Cn1cnc2c1CNCC2. The van der Waals surface area contributed by atoms with Gasteiger partial charge in [0.15, 0.2) is 0 Å². The average molecular weight is 193 g/mol. The van der Waals surface area contributed by atoms with E-state index in [2.05, 4.69) is 28.7 Å². The average Bonchev–Trinajstić information content (AvgIpc) is 2.62. The van der Waals surface area contributed by atoms with Crippen LogP contribution in [-0.2, 0) is 19.5 Å². The fourth-order valence-electron chi connectivity index (χ4n) is 1.90. The Bertz CT molecular complexity index is 303. The van der Waals surface area contributed by atoms with Crippen molar-refractivity contribution in [2.75, 3.05) is 6.54 Å². The van der Waals surface area contributed by atoms with Crippen LogP contribution in [-0.4, -0.2) is 16.1 Å². The highest BCUT2D eigenvalue weighted by atomic mass is 15.1. The molecule has 0 aromatic carbocycles. The van der Waals surface area contributed by atoms with Crippen molar-refractivity contribution < 1.29 is 0 Å². The van der Waals surface area contributed by atoms with Crippen LogP contribution in [0.3, 0.4) is 0 Å². The Balaban J connectivity index is 2.14. The first kappa shape index (κ1) is 9.71. The van der Waals surface area contributed by atoms with Gasteiger partial charge in [0.1, 0.15) is 0 Å². The van der Waals surface area contributed by atoms with E-state index >= 15 is 0 Å². The Kier molecular flexibility index (Phi) is 2.87. The molecule has 14 heavy (non-hydrogen) atoms. The first-order valence-corrected chi connectivity index (χ1v) is 5.55. The second-order valence-corrected chi connectivity index (χ2v) is 4.23. The van der Waals surface area contributed by atoms with E-state index in [4.69, 9.17) is 0 Å². The van der Waals surface area contributed by atoms with Crippen molar-refractivity contribution >= 4 is 0 Å². The number of imidazole rings is 1. The van der Waals surface area contributed by atoms with Crippen LogP contribution >= 0.6 is 0 Å². The van der Waals surface area contributed by atoms with Crippen molar-refractivity contribution in [3.63, 3.8) is 0 Å². The van der Waals surface area contributed by atoms with Gasteiger partial charge >= 0.3 is 0 Å². The third-order valence-corrected chi connectivity index (χ3v) is 3.07. The highest BCUT2D eigenvalue weighted by molar-refractivity contribution is 5.16. The second-order valence-electron chi connectivity index (χ2n) is 4.23. The van der Waals surface area contributed by atoms with Gasteiger partial charge in [0.05, 0.1) is 17.7 Å². The lowest BCUT2D eigenvalue weighted by Crippen LogP contribution is -2.26. The smallest absolute Gasteiger partial charge is 0.0952 e. The first-order chi connectivity index (χ1) is 6.81. The Hall–Kier alpha value is -0.830. The highest BCUT2D eigenvalue weighted by Gasteiger charge is 2.15. The zero-order valence-electron chi connectivity index (χ0n) is 9.08. The van der Waals surface area contributed by atoms with Crippen molar-refractivity contribution in [3.05, 3.63) is 17.7 Å². The minimum absolute atomic E-state index is 0.746. The topological polar surface area (TPSA) is 29.9 Å². The van der Waals surface area contributed by atoms with Gasteiger partial charge in [-0.25, -0.2) is 4.98 Å². The number of nitrogens with zero attached hydrogens (tertiary/aromatic N) is 2. The van der Waals surface area contributed by atoms with Gasteiger partial charge in [0, 0.05) is 26.1 Å². The van der Waals surface area contributed by atoms with Gasteiger partial charge in [-0.05, 0) is 5.92 Å². The number of fused-ring (bicyclic) bond motifs is 1. The van der Waals surface area contributed by atoms with E-state index in [-0.39, 0.29) is 0 Å². The molecule has 1 aromatic rings. The van der Waals surface area contributed by atoms with Crippen molar-refractivity contribution in [2.24, 2.45) is 5.92 Å². The molecule has 0 fully saturated rings. The quantitative estimate of drug-likeness (QED) is 0.789. The van der Waals surface area contributed by atoms with Crippen LogP contribution in [0.5, 0.6) is 0 Å². The van der Waals surface area contributed by atoms with E-state index in [1.54, 1.807) is 0 Å². The molecule has 0 radical (unpaired) electrons. The van der Waals surface area contributed by atoms with Crippen LogP contribution in [0.1, 0.15) is 31.7 Å². The summed E-state index contributed by atoms with van der Waals surface area (Å²) in [6, 6.07) is 0. The van der Waals surface area contributed by atoms with E-state index in [1.807, 2.05) is 6.33 Å². The Morgan fingerprint density at radius 1 is 1.64 bits per heavy atom. The minimum Gasteiger partial charge on any atom is -0.333 e. The molecule has 1 atom stereocenters. The molecule has 3 nitrogen and oxygen atoms in total. The fourth-order valence-corrected chi connectivity index (χ4v) is 1.90. The number of nitrogens with one attached hydrogen (secondary N) is 1. The number of aromatic nitrogens is 2. The van der Waals surface area contributed by atoms with Gasteiger partial charge < -0.3 is 9.88 Å². The Morgan fingerprint density at radius 3 is 3.29 bits per heavy atom. The molecule has 0 amide bonds. The van der Waals surface area contributed by atoms with E-state index in [0.29, 0.717) is 0 Å². The van der Waals surface area contributed by atoms with Gasteiger partial charge in [-0.2, -0.15) is 0 Å². The summed E-state index contributed by atoms with van der Waals surface area (Å²) in [5.41, 5.74) is 2.70. The second kappa shape index (κ2) is 4.13. The molecule has 1 aliphatic rings. The van der Waals surface area contributed by atoms with Crippen LogP contribution in [0.2, 0.25) is 0 Å². The van der Waals surface area contributed by atoms with Crippen LogP contribution in [0.4, 0.5) is 0 Å². The van der Waals surface area contributed by atoms with E-state index in [0.717, 1.165) is 32.0 Å². The van der Waals surface area contributed by atoms with Crippen LogP contribution in [0, 0.1) is 5.92 Å². The monoisotopic (exact) mass is 193 g/mol. The van der Waals surface area contributed by atoms with Gasteiger partial charge in [-0.3, -0.25) is 0 Å². The maximum Gasteiger partial charge on any atom is 0.0952 e. The molecular formula is C11H19N3. The van der Waals surface area contributed by atoms with Crippen LogP contribution in [0.25, 0.3) is 0 Å². The predicted octanol–water partition coefficient (Wildman–Crippen LogP) is 1.57. The van der Waals surface area contributed by atoms with Gasteiger partial charge in [-0.1, -0.05) is 20.3 Å². The highest BCUT2D eigenvalue weighted by Crippen LogP contribution is 2.14.